The second kappa shape index (κ2) is 3.63. The molecule has 2 aliphatic rings. The van der Waals surface area contributed by atoms with Gasteiger partial charge in [0.2, 0.25) is 0 Å². The Morgan fingerprint density at radius 2 is 1.88 bits per heavy atom. The first-order valence-corrected chi connectivity index (χ1v) is 6.18. The third-order valence-corrected chi connectivity index (χ3v) is 4.08. The van der Waals surface area contributed by atoms with E-state index in [-0.39, 0.29) is 0 Å². The molecule has 2 saturated heterocycles. The molecule has 0 bridgehead atoms. The van der Waals surface area contributed by atoms with Gasteiger partial charge >= 0.3 is 0 Å². The fourth-order valence-corrected chi connectivity index (χ4v) is 2.81. The van der Waals surface area contributed by atoms with Crippen molar-refractivity contribution in [2.24, 2.45) is 5.41 Å². The Morgan fingerprint density at radius 3 is 2.38 bits per heavy atom. The SMILES string of the molecule is C=CC(=C)N1CCC2(C1)CN(C(C)(C)C)C2. The van der Waals surface area contributed by atoms with E-state index < -0.39 is 0 Å². The van der Waals surface area contributed by atoms with Gasteiger partial charge in [-0.05, 0) is 33.3 Å². The maximum Gasteiger partial charge on any atom is 0.0287 e. The van der Waals surface area contributed by atoms with Gasteiger partial charge in [0.15, 0.2) is 0 Å². The Morgan fingerprint density at radius 1 is 1.25 bits per heavy atom. The van der Waals surface area contributed by atoms with Gasteiger partial charge in [-0.15, -0.1) is 0 Å². The van der Waals surface area contributed by atoms with Crippen molar-refractivity contribution < 1.29 is 0 Å². The predicted octanol–water partition coefficient (Wildman–Crippen LogP) is 2.49. The van der Waals surface area contributed by atoms with E-state index >= 15 is 0 Å². The number of allylic oxidation sites excluding steroid dienone is 1. The lowest BCUT2D eigenvalue weighted by Gasteiger charge is -2.54. The minimum atomic E-state index is 0.327. The molecule has 0 aromatic rings. The van der Waals surface area contributed by atoms with Gasteiger partial charge in [-0.3, -0.25) is 4.90 Å². The molecule has 1 spiro atoms. The van der Waals surface area contributed by atoms with Gasteiger partial charge in [-0.1, -0.05) is 13.2 Å². The average molecular weight is 220 g/mol. The van der Waals surface area contributed by atoms with Crippen LogP contribution in [0.1, 0.15) is 27.2 Å². The highest BCUT2D eigenvalue weighted by Crippen LogP contribution is 2.43. The molecule has 2 nitrogen and oxygen atoms in total. The van der Waals surface area contributed by atoms with Crippen LogP contribution in [0, 0.1) is 5.41 Å². The van der Waals surface area contributed by atoms with Gasteiger partial charge in [0.05, 0.1) is 0 Å². The molecule has 0 unspecified atom stereocenters. The summed E-state index contributed by atoms with van der Waals surface area (Å²) in [5, 5.41) is 0. The van der Waals surface area contributed by atoms with Crippen LogP contribution in [0.25, 0.3) is 0 Å². The van der Waals surface area contributed by atoms with Crippen LogP contribution in [0.5, 0.6) is 0 Å². The Bertz CT molecular complexity index is 305. The Balaban J connectivity index is 1.92. The second-order valence-corrected chi connectivity index (χ2v) is 6.39. The van der Waals surface area contributed by atoms with E-state index in [1.165, 1.54) is 26.1 Å². The molecule has 2 fully saturated rings. The summed E-state index contributed by atoms with van der Waals surface area (Å²) < 4.78 is 0. The molecule has 90 valence electrons. The van der Waals surface area contributed by atoms with Gasteiger partial charge in [0, 0.05) is 42.8 Å². The normalized spacial score (nSPS) is 24.6. The lowest BCUT2D eigenvalue weighted by Crippen LogP contribution is -2.63. The lowest BCUT2D eigenvalue weighted by atomic mass is 9.76. The van der Waals surface area contributed by atoms with Gasteiger partial charge < -0.3 is 4.90 Å². The van der Waals surface area contributed by atoms with Crippen LogP contribution in [0.15, 0.2) is 24.9 Å². The van der Waals surface area contributed by atoms with Crippen LogP contribution >= 0.6 is 0 Å². The molecular weight excluding hydrogens is 196 g/mol. The monoisotopic (exact) mass is 220 g/mol. The topological polar surface area (TPSA) is 6.48 Å². The van der Waals surface area contributed by atoms with Crippen molar-refractivity contribution in [1.29, 1.82) is 0 Å². The van der Waals surface area contributed by atoms with Crippen molar-refractivity contribution in [3.63, 3.8) is 0 Å². The number of nitrogens with zero attached hydrogens (tertiary/aromatic N) is 2. The molecule has 0 aromatic heterocycles. The smallest absolute Gasteiger partial charge is 0.0287 e. The largest absolute Gasteiger partial charge is 0.371 e. The van der Waals surface area contributed by atoms with E-state index in [0.29, 0.717) is 11.0 Å². The first-order chi connectivity index (χ1) is 7.36. The first kappa shape index (κ1) is 11.7. The highest BCUT2D eigenvalue weighted by Gasteiger charge is 2.50. The quantitative estimate of drug-likeness (QED) is 0.660. The molecule has 2 heterocycles. The predicted molar refractivity (Wildman–Crippen MR) is 69.3 cm³/mol. The van der Waals surface area contributed by atoms with E-state index in [2.05, 4.69) is 43.7 Å². The summed E-state index contributed by atoms with van der Waals surface area (Å²) in [5.74, 6) is 0. The zero-order chi connectivity index (χ0) is 12.0. The number of rotatable bonds is 2. The van der Waals surface area contributed by atoms with Crippen LogP contribution in [-0.2, 0) is 0 Å². The van der Waals surface area contributed by atoms with Gasteiger partial charge in [0.25, 0.3) is 0 Å². The minimum Gasteiger partial charge on any atom is -0.371 e. The molecule has 0 radical (unpaired) electrons. The van der Waals surface area contributed by atoms with Crippen molar-refractivity contribution in [3.8, 4) is 0 Å². The molecule has 2 aliphatic heterocycles. The Hall–Kier alpha value is -0.760. The van der Waals surface area contributed by atoms with Gasteiger partial charge in [-0.2, -0.15) is 0 Å². The third kappa shape index (κ3) is 1.91. The first-order valence-electron chi connectivity index (χ1n) is 6.18. The maximum absolute atomic E-state index is 4.04. The number of likely N-dealkylation sites (tertiary alicyclic amines) is 2. The van der Waals surface area contributed by atoms with E-state index in [1.807, 2.05) is 6.08 Å². The van der Waals surface area contributed by atoms with E-state index in [1.54, 1.807) is 0 Å². The van der Waals surface area contributed by atoms with Crippen molar-refractivity contribution in [2.75, 3.05) is 26.2 Å². The maximum atomic E-state index is 4.04. The van der Waals surface area contributed by atoms with E-state index in [4.69, 9.17) is 0 Å². The average Bonchev–Trinajstić information content (AvgIpc) is 2.57. The molecule has 0 amide bonds. The van der Waals surface area contributed by atoms with Gasteiger partial charge in [-0.25, -0.2) is 0 Å². The van der Waals surface area contributed by atoms with Crippen molar-refractivity contribution >= 4 is 0 Å². The molecular formula is C14H24N2. The Kier molecular flexibility index (Phi) is 2.66. The van der Waals surface area contributed by atoms with Crippen LogP contribution in [-0.4, -0.2) is 41.5 Å². The summed E-state index contributed by atoms with van der Waals surface area (Å²) in [5.41, 5.74) is 1.96. The summed E-state index contributed by atoms with van der Waals surface area (Å²) >= 11 is 0. The summed E-state index contributed by atoms with van der Waals surface area (Å²) in [6, 6.07) is 0. The summed E-state index contributed by atoms with van der Waals surface area (Å²) in [7, 11) is 0. The Labute approximate surface area is 99.6 Å². The number of hydrogen-bond acceptors (Lipinski definition) is 2. The van der Waals surface area contributed by atoms with Crippen LogP contribution in [0.4, 0.5) is 0 Å². The van der Waals surface area contributed by atoms with Crippen molar-refractivity contribution in [3.05, 3.63) is 24.9 Å². The summed E-state index contributed by atoms with van der Waals surface area (Å²) in [6.45, 7) is 19.6. The van der Waals surface area contributed by atoms with Crippen LogP contribution in [0.3, 0.4) is 0 Å². The van der Waals surface area contributed by atoms with Gasteiger partial charge in [0.1, 0.15) is 0 Å². The standard InChI is InChI=1S/C14H24N2/c1-6-12(2)15-8-7-14(9-15)10-16(11-14)13(3,4)5/h6H,1-2,7-11H2,3-5H3. The molecule has 2 rings (SSSR count). The fourth-order valence-electron chi connectivity index (χ4n) is 2.81. The zero-order valence-electron chi connectivity index (χ0n) is 10.9. The molecule has 16 heavy (non-hydrogen) atoms. The second-order valence-electron chi connectivity index (χ2n) is 6.39. The third-order valence-electron chi connectivity index (χ3n) is 4.08. The summed E-state index contributed by atoms with van der Waals surface area (Å²) in [6.07, 6.45) is 3.19. The molecule has 0 aliphatic carbocycles. The molecule has 0 atom stereocenters. The molecule has 2 heteroatoms. The zero-order valence-corrected chi connectivity index (χ0v) is 10.9. The van der Waals surface area contributed by atoms with Crippen molar-refractivity contribution in [2.45, 2.75) is 32.7 Å². The molecule has 0 saturated carbocycles. The van der Waals surface area contributed by atoms with Crippen LogP contribution < -0.4 is 0 Å². The molecule has 0 aromatic carbocycles. The number of hydrogen-bond donors (Lipinski definition) is 0. The van der Waals surface area contributed by atoms with E-state index in [9.17, 15) is 0 Å². The molecule has 0 N–H and O–H groups in total. The summed E-state index contributed by atoms with van der Waals surface area (Å²) in [4.78, 5) is 4.96. The highest BCUT2D eigenvalue weighted by molar-refractivity contribution is 5.15. The van der Waals surface area contributed by atoms with Crippen LogP contribution in [0.2, 0.25) is 0 Å². The van der Waals surface area contributed by atoms with E-state index in [0.717, 1.165) is 12.2 Å². The minimum absolute atomic E-state index is 0.327. The van der Waals surface area contributed by atoms with Crippen molar-refractivity contribution in [1.82, 2.24) is 9.80 Å². The highest BCUT2D eigenvalue weighted by atomic mass is 15.3. The fraction of sp³-hybridized carbons (Fsp3) is 0.714. The lowest BCUT2D eigenvalue weighted by molar-refractivity contribution is -0.0506.